The second kappa shape index (κ2) is 8.59. The molecule has 0 radical (unpaired) electrons. The van der Waals surface area contributed by atoms with Crippen molar-refractivity contribution in [3.63, 3.8) is 0 Å². The molecule has 28 heavy (non-hydrogen) atoms. The largest absolute Gasteiger partial charge is 0.454 e. The maximum Gasteiger partial charge on any atom is 0.338 e. The van der Waals surface area contributed by atoms with Gasteiger partial charge in [-0.15, -0.1) is 0 Å². The van der Waals surface area contributed by atoms with E-state index < -0.39 is 21.9 Å². The Kier molecular flexibility index (Phi) is 6.17. The number of esters is 1. The first-order valence-electron chi connectivity index (χ1n) is 8.68. The van der Waals surface area contributed by atoms with Crippen molar-refractivity contribution in [3.05, 3.63) is 101 Å². The quantitative estimate of drug-likeness (QED) is 0.518. The van der Waals surface area contributed by atoms with Crippen LogP contribution in [0.1, 0.15) is 34.5 Å². The third-order valence-electron chi connectivity index (χ3n) is 4.24. The first-order valence-corrected chi connectivity index (χ1v) is 10.7. The molecular formula is C22H19ClO4S. The SMILES string of the molecule is CC(OC(=O)c1cccc(CS(=O)(=O)c2ccccc2)c1)c1ccc(Cl)cc1. The normalized spacial score (nSPS) is 12.4. The summed E-state index contributed by atoms with van der Waals surface area (Å²) in [7, 11) is -3.49. The first kappa shape index (κ1) is 20.1. The highest BCUT2D eigenvalue weighted by atomic mass is 35.5. The van der Waals surface area contributed by atoms with Crippen LogP contribution in [0.3, 0.4) is 0 Å². The van der Waals surface area contributed by atoms with E-state index >= 15 is 0 Å². The molecule has 0 N–H and O–H groups in total. The third-order valence-corrected chi connectivity index (χ3v) is 6.20. The molecule has 0 aromatic heterocycles. The number of hydrogen-bond donors (Lipinski definition) is 0. The molecule has 144 valence electrons. The van der Waals surface area contributed by atoms with Gasteiger partial charge >= 0.3 is 5.97 Å². The standard InChI is InChI=1S/C22H19ClO4S/c1-16(18-10-12-20(23)13-11-18)27-22(24)19-7-5-6-17(14-19)15-28(25,26)21-8-3-2-4-9-21/h2-14,16H,15H2,1H3. The number of rotatable bonds is 6. The van der Waals surface area contributed by atoms with Crippen molar-refractivity contribution >= 4 is 27.4 Å². The van der Waals surface area contributed by atoms with Crippen molar-refractivity contribution in [2.24, 2.45) is 0 Å². The Labute approximate surface area is 169 Å². The molecule has 0 fully saturated rings. The Morgan fingerprint density at radius 3 is 2.32 bits per heavy atom. The van der Waals surface area contributed by atoms with E-state index in [0.29, 0.717) is 16.1 Å². The summed E-state index contributed by atoms with van der Waals surface area (Å²) in [4.78, 5) is 12.7. The van der Waals surface area contributed by atoms with Crippen LogP contribution in [0.5, 0.6) is 0 Å². The highest BCUT2D eigenvalue weighted by Crippen LogP contribution is 2.22. The molecule has 3 aromatic rings. The zero-order chi connectivity index (χ0) is 20.1. The van der Waals surface area contributed by atoms with Crippen LogP contribution in [0.25, 0.3) is 0 Å². The number of hydrogen-bond acceptors (Lipinski definition) is 4. The second-order valence-electron chi connectivity index (χ2n) is 6.37. The van der Waals surface area contributed by atoms with E-state index in [4.69, 9.17) is 16.3 Å². The van der Waals surface area contributed by atoms with Gasteiger partial charge in [0.05, 0.1) is 16.2 Å². The molecule has 0 aliphatic carbocycles. The summed E-state index contributed by atoms with van der Waals surface area (Å²) < 4.78 is 30.6. The predicted molar refractivity (Wildman–Crippen MR) is 109 cm³/mol. The van der Waals surface area contributed by atoms with Gasteiger partial charge < -0.3 is 4.74 Å². The third kappa shape index (κ3) is 5.00. The Morgan fingerprint density at radius 2 is 1.64 bits per heavy atom. The lowest BCUT2D eigenvalue weighted by atomic mass is 10.1. The summed E-state index contributed by atoms with van der Waals surface area (Å²) in [6, 6.07) is 21.8. The first-order chi connectivity index (χ1) is 13.3. The average Bonchev–Trinajstić information content (AvgIpc) is 2.69. The average molecular weight is 415 g/mol. The summed E-state index contributed by atoms with van der Waals surface area (Å²) in [6.07, 6.45) is -0.457. The Balaban J connectivity index is 1.73. The van der Waals surface area contributed by atoms with Gasteiger partial charge in [-0.2, -0.15) is 0 Å². The van der Waals surface area contributed by atoms with Gasteiger partial charge in [-0.3, -0.25) is 0 Å². The summed E-state index contributed by atoms with van der Waals surface area (Å²) in [5, 5.41) is 0.606. The molecule has 0 heterocycles. The fourth-order valence-corrected chi connectivity index (χ4v) is 4.23. The van der Waals surface area contributed by atoms with Crippen LogP contribution in [0.4, 0.5) is 0 Å². The lowest BCUT2D eigenvalue weighted by Crippen LogP contribution is -2.10. The van der Waals surface area contributed by atoms with Crippen LogP contribution in [0.2, 0.25) is 5.02 Å². The molecule has 0 saturated heterocycles. The van der Waals surface area contributed by atoms with Gasteiger partial charge in [-0.25, -0.2) is 13.2 Å². The zero-order valence-electron chi connectivity index (χ0n) is 15.2. The lowest BCUT2D eigenvalue weighted by Gasteiger charge is -2.14. The van der Waals surface area contributed by atoms with E-state index in [0.717, 1.165) is 5.56 Å². The molecule has 1 atom stereocenters. The van der Waals surface area contributed by atoms with E-state index in [9.17, 15) is 13.2 Å². The van der Waals surface area contributed by atoms with E-state index in [1.807, 2.05) is 0 Å². The molecule has 1 unspecified atom stereocenters. The van der Waals surface area contributed by atoms with Crippen molar-refractivity contribution in [1.82, 2.24) is 0 Å². The minimum atomic E-state index is -3.49. The van der Waals surface area contributed by atoms with Crippen molar-refractivity contribution in [2.45, 2.75) is 23.7 Å². The minimum absolute atomic E-state index is 0.190. The fourth-order valence-electron chi connectivity index (χ4n) is 2.75. The number of sulfone groups is 1. The van der Waals surface area contributed by atoms with Crippen LogP contribution in [0, 0.1) is 0 Å². The van der Waals surface area contributed by atoms with Crippen LogP contribution >= 0.6 is 11.6 Å². The smallest absolute Gasteiger partial charge is 0.338 e. The van der Waals surface area contributed by atoms with Gasteiger partial charge in [0.1, 0.15) is 6.10 Å². The number of benzene rings is 3. The fraction of sp³-hybridized carbons (Fsp3) is 0.136. The molecule has 4 nitrogen and oxygen atoms in total. The molecular weight excluding hydrogens is 396 g/mol. The summed E-state index contributed by atoms with van der Waals surface area (Å²) in [5.41, 5.74) is 1.65. The van der Waals surface area contributed by atoms with Crippen LogP contribution < -0.4 is 0 Å². The number of carbonyl (C=O) groups is 1. The molecule has 0 aliphatic heterocycles. The van der Waals surface area contributed by atoms with Gasteiger partial charge in [-0.1, -0.05) is 54.1 Å². The topological polar surface area (TPSA) is 60.4 Å². The zero-order valence-corrected chi connectivity index (χ0v) is 16.8. The minimum Gasteiger partial charge on any atom is -0.454 e. The summed E-state index contributed by atoms with van der Waals surface area (Å²) >= 11 is 5.88. The second-order valence-corrected chi connectivity index (χ2v) is 8.80. The van der Waals surface area contributed by atoms with Crippen LogP contribution in [-0.4, -0.2) is 14.4 Å². The maximum atomic E-state index is 12.5. The summed E-state index contributed by atoms with van der Waals surface area (Å²) in [5.74, 6) is -0.702. The Morgan fingerprint density at radius 1 is 0.964 bits per heavy atom. The highest BCUT2D eigenvalue weighted by Gasteiger charge is 2.18. The molecule has 0 aliphatic rings. The van der Waals surface area contributed by atoms with E-state index in [-0.39, 0.29) is 10.6 Å². The van der Waals surface area contributed by atoms with Crippen molar-refractivity contribution in [2.75, 3.05) is 0 Å². The van der Waals surface area contributed by atoms with Crippen molar-refractivity contribution in [1.29, 1.82) is 0 Å². The Bertz CT molecular complexity index is 1060. The summed E-state index contributed by atoms with van der Waals surface area (Å²) in [6.45, 7) is 1.77. The molecule has 0 bridgehead atoms. The number of halogens is 1. The van der Waals surface area contributed by atoms with Crippen molar-refractivity contribution < 1.29 is 17.9 Å². The molecule has 3 rings (SSSR count). The molecule has 3 aromatic carbocycles. The monoisotopic (exact) mass is 414 g/mol. The van der Waals surface area contributed by atoms with E-state index in [1.165, 1.54) is 0 Å². The lowest BCUT2D eigenvalue weighted by molar-refractivity contribution is 0.0337. The van der Waals surface area contributed by atoms with Crippen molar-refractivity contribution in [3.8, 4) is 0 Å². The Hall–Kier alpha value is -2.63. The molecule has 0 amide bonds. The van der Waals surface area contributed by atoms with E-state index in [2.05, 4.69) is 0 Å². The highest BCUT2D eigenvalue weighted by molar-refractivity contribution is 7.90. The van der Waals surface area contributed by atoms with Gasteiger partial charge in [0.2, 0.25) is 0 Å². The molecule has 0 saturated carbocycles. The van der Waals surface area contributed by atoms with Gasteiger partial charge in [-0.05, 0) is 54.4 Å². The number of carbonyl (C=O) groups excluding carboxylic acids is 1. The van der Waals surface area contributed by atoms with Crippen LogP contribution in [-0.2, 0) is 20.3 Å². The molecule has 6 heteroatoms. The maximum absolute atomic E-state index is 12.5. The van der Waals surface area contributed by atoms with Crippen LogP contribution in [0.15, 0.2) is 83.8 Å². The van der Waals surface area contributed by atoms with Gasteiger partial charge in [0, 0.05) is 5.02 Å². The molecule has 0 spiro atoms. The van der Waals surface area contributed by atoms with E-state index in [1.54, 1.807) is 85.8 Å². The number of ether oxygens (including phenoxy) is 1. The van der Waals surface area contributed by atoms with Gasteiger partial charge in [0.15, 0.2) is 9.84 Å². The predicted octanol–water partition coefficient (Wildman–Crippen LogP) is 5.23. The van der Waals surface area contributed by atoms with Gasteiger partial charge in [0.25, 0.3) is 0 Å².